The van der Waals surface area contributed by atoms with E-state index in [4.69, 9.17) is 15.6 Å². The van der Waals surface area contributed by atoms with Gasteiger partial charge in [0.2, 0.25) is 0 Å². The zero-order chi connectivity index (χ0) is 18.0. The Kier molecular flexibility index (Phi) is 4.67. The summed E-state index contributed by atoms with van der Waals surface area (Å²) in [7, 11) is 1.66. The topological polar surface area (TPSA) is 94.6 Å². The number of anilines is 1. The molecule has 7 nitrogen and oxygen atoms in total. The number of nitrogens with one attached hydrogen (secondary N) is 1. The summed E-state index contributed by atoms with van der Waals surface area (Å²) in [5, 5.41) is 5.48. The molecule has 0 saturated carbocycles. The number of aromatic nitrogens is 5. The summed E-state index contributed by atoms with van der Waals surface area (Å²) in [5.74, 6) is 0.415. The highest BCUT2D eigenvalue weighted by Gasteiger charge is 2.20. The number of hydrogen-bond acceptors (Lipinski definition) is 5. The number of methoxy groups -OCH3 is 1. The SMILES string of the molecule is C=C/C=C\c1cc(-c2nn(C(C)C)c3ncnc(N)c23)[nH]c1COC. The molecule has 0 radical (unpaired) electrons. The summed E-state index contributed by atoms with van der Waals surface area (Å²) in [6.07, 6.45) is 7.06. The van der Waals surface area contributed by atoms with E-state index in [-0.39, 0.29) is 6.04 Å². The van der Waals surface area contributed by atoms with E-state index in [9.17, 15) is 0 Å². The van der Waals surface area contributed by atoms with Crippen LogP contribution in [0.25, 0.3) is 28.5 Å². The van der Waals surface area contributed by atoms with Crippen LogP contribution in [0.1, 0.15) is 31.1 Å². The second-order valence-corrected chi connectivity index (χ2v) is 5.99. The molecule has 3 aromatic heterocycles. The summed E-state index contributed by atoms with van der Waals surface area (Å²) in [5.41, 5.74) is 10.4. The highest BCUT2D eigenvalue weighted by Crippen LogP contribution is 2.32. The van der Waals surface area contributed by atoms with Crippen molar-refractivity contribution in [3.8, 4) is 11.4 Å². The van der Waals surface area contributed by atoms with Crippen LogP contribution in [0.3, 0.4) is 0 Å². The maximum Gasteiger partial charge on any atom is 0.164 e. The lowest BCUT2D eigenvalue weighted by molar-refractivity contribution is 0.182. The van der Waals surface area contributed by atoms with Crippen LogP contribution in [0.4, 0.5) is 5.82 Å². The van der Waals surface area contributed by atoms with Gasteiger partial charge in [-0.2, -0.15) is 5.10 Å². The minimum atomic E-state index is 0.152. The number of H-pyrrole nitrogens is 1. The molecule has 0 atom stereocenters. The van der Waals surface area contributed by atoms with Crippen molar-refractivity contribution in [3.05, 3.63) is 42.4 Å². The molecule has 130 valence electrons. The maximum atomic E-state index is 6.12. The van der Waals surface area contributed by atoms with E-state index in [1.165, 1.54) is 6.33 Å². The summed E-state index contributed by atoms with van der Waals surface area (Å²) in [6.45, 7) is 8.29. The smallest absolute Gasteiger partial charge is 0.164 e. The van der Waals surface area contributed by atoms with Crippen LogP contribution >= 0.6 is 0 Å². The average molecular weight is 338 g/mol. The molecule has 0 saturated heterocycles. The molecule has 3 rings (SSSR count). The minimum absolute atomic E-state index is 0.152. The van der Waals surface area contributed by atoms with Gasteiger partial charge < -0.3 is 15.5 Å². The van der Waals surface area contributed by atoms with Gasteiger partial charge in [-0.3, -0.25) is 0 Å². The van der Waals surface area contributed by atoms with Crippen molar-refractivity contribution >= 4 is 22.9 Å². The van der Waals surface area contributed by atoms with Crippen LogP contribution in [0.15, 0.2) is 31.1 Å². The second-order valence-electron chi connectivity index (χ2n) is 5.99. The number of nitrogen functional groups attached to an aromatic ring is 1. The standard InChI is InChI=1S/C18H22N6O/c1-5-6-7-12-8-13(22-14(12)9-25-4)16-15-17(19)20-10-21-18(15)24(23-16)11(2)3/h5-8,10-11,22H,1,9H2,2-4H3,(H2,19,20,21)/b7-6-. The lowest BCUT2D eigenvalue weighted by Crippen LogP contribution is -2.04. The third-order valence-electron chi connectivity index (χ3n) is 3.90. The lowest BCUT2D eigenvalue weighted by Gasteiger charge is -2.05. The molecule has 0 bridgehead atoms. The molecule has 3 N–H and O–H groups in total. The van der Waals surface area contributed by atoms with Gasteiger partial charge in [0.25, 0.3) is 0 Å². The Bertz CT molecular complexity index is 935. The summed E-state index contributed by atoms with van der Waals surface area (Å²) >= 11 is 0. The molecule has 3 heterocycles. The molecular weight excluding hydrogens is 316 g/mol. The third-order valence-corrected chi connectivity index (χ3v) is 3.90. The molecule has 0 aromatic carbocycles. The number of allylic oxidation sites excluding steroid dienone is 2. The van der Waals surface area contributed by atoms with E-state index in [0.717, 1.165) is 33.7 Å². The quantitative estimate of drug-likeness (QED) is 0.672. The molecule has 25 heavy (non-hydrogen) atoms. The Morgan fingerprint density at radius 2 is 2.20 bits per heavy atom. The zero-order valence-electron chi connectivity index (χ0n) is 14.7. The second kappa shape index (κ2) is 6.90. The fraction of sp³-hybridized carbons (Fsp3) is 0.278. The van der Waals surface area contributed by atoms with Gasteiger partial charge >= 0.3 is 0 Å². The Morgan fingerprint density at radius 1 is 1.40 bits per heavy atom. The maximum absolute atomic E-state index is 6.12. The van der Waals surface area contributed by atoms with Crippen molar-refractivity contribution in [3.63, 3.8) is 0 Å². The number of nitrogens with zero attached hydrogens (tertiary/aromatic N) is 4. The highest BCUT2D eigenvalue weighted by atomic mass is 16.5. The Balaban J connectivity index is 2.23. The molecule has 0 aliphatic carbocycles. The summed E-state index contributed by atoms with van der Waals surface area (Å²) in [4.78, 5) is 11.9. The monoisotopic (exact) mass is 338 g/mol. The first-order valence-corrected chi connectivity index (χ1v) is 8.05. The average Bonchev–Trinajstić information content (AvgIpc) is 3.15. The first-order valence-electron chi connectivity index (χ1n) is 8.05. The normalized spacial score (nSPS) is 11.8. The van der Waals surface area contributed by atoms with Crippen molar-refractivity contribution < 1.29 is 4.74 Å². The van der Waals surface area contributed by atoms with E-state index >= 15 is 0 Å². The van der Waals surface area contributed by atoms with E-state index in [2.05, 4.69) is 35.4 Å². The van der Waals surface area contributed by atoms with Crippen molar-refractivity contribution in [1.29, 1.82) is 0 Å². The Morgan fingerprint density at radius 3 is 2.88 bits per heavy atom. The number of aromatic amines is 1. The molecule has 0 aliphatic heterocycles. The predicted molar refractivity (Wildman–Crippen MR) is 99.9 cm³/mol. The number of rotatable bonds is 6. The van der Waals surface area contributed by atoms with Gasteiger partial charge in [0.15, 0.2) is 5.65 Å². The molecular formula is C18H22N6O. The Labute approximate surface area is 146 Å². The van der Waals surface area contributed by atoms with Gasteiger partial charge in [0.1, 0.15) is 17.8 Å². The van der Waals surface area contributed by atoms with E-state index in [1.54, 1.807) is 13.2 Å². The summed E-state index contributed by atoms with van der Waals surface area (Å²) < 4.78 is 7.15. The van der Waals surface area contributed by atoms with Crippen LogP contribution in [0.2, 0.25) is 0 Å². The van der Waals surface area contributed by atoms with Crippen molar-refractivity contribution in [2.45, 2.75) is 26.5 Å². The largest absolute Gasteiger partial charge is 0.383 e. The van der Waals surface area contributed by atoms with E-state index in [0.29, 0.717) is 12.4 Å². The highest BCUT2D eigenvalue weighted by molar-refractivity contribution is 5.97. The lowest BCUT2D eigenvalue weighted by atomic mass is 10.2. The fourth-order valence-corrected chi connectivity index (χ4v) is 2.77. The number of fused-ring (bicyclic) bond motifs is 1. The van der Waals surface area contributed by atoms with Gasteiger partial charge in [-0.05, 0) is 25.5 Å². The van der Waals surface area contributed by atoms with Crippen LogP contribution < -0.4 is 5.73 Å². The first-order chi connectivity index (χ1) is 12.1. The van der Waals surface area contributed by atoms with Crippen molar-refractivity contribution in [1.82, 2.24) is 24.7 Å². The molecule has 0 unspecified atom stereocenters. The van der Waals surface area contributed by atoms with Crippen molar-refractivity contribution in [2.75, 3.05) is 12.8 Å². The molecule has 0 fully saturated rings. The molecule has 0 aliphatic rings. The van der Waals surface area contributed by atoms with Gasteiger partial charge in [0.05, 0.1) is 17.7 Å². The van der Waals surface area contributed by atoms with Gasteiger partial charge in [-0.1, -0.05) is 24.8 Å². The zero-order valence-corrected chi connectivity index (χ0v) is 14.7. The molecule has 0 spiro atoms. The van der Waals surface area contributed by atoms with Gasteiger partial charge in [-0.25, -0.2) is 14.6 Å². The third kappa shape index (κ3) is 3.06. The Hall–Kier alpha value is -2.93. The molecule has 7 heteroatoms. The van der Waals surface area contributed by atoms with Crippen LogP contribution in [-0.4, -0.2) is 31.8 Å². The molecule has 3 aromatic rings. The molecule has 0 amide bonds. The van der Waals surface area contributed by atoms with Gasteiger partial charge in [0, 0.05) is 18.8 Å². The number of nitrogens with two attached hydrogens (primary N) is 1. The van der Waals surface area contributed by atoms with Gasteiger partial charge in [-0.15, -0.1) is 0 Å². The van der Waals surface area contributed by atoms with Crippen molar-refractivity contribution in [2.24, 2.45) is 0 Å². The van der Waals surface area contributed by atoms with Crippen LogP contribution in [0.5, 0.6) is 0 Å². The van der Waals surface area contributed by atoms with Crippen LogP contribution in [-0.2, 0) is 11.3 Å². The first kappa shape index (κ1) is 16.9. The minimum Gasteiger partial charge on any atom is -0.383 e. The number of hydrogen-bond donors (Lipinski definition) is 2. The summed E-state index contributed by atoms with van der Waals surface area (Å²) in [6, 6.07) is 2.17. The van der Waals surface area contributed by atoms with E-state index < -0.39 is 0 Å². The fourth-order valence-electron chi connectivity index (χ4n) is 2.77. The van der Waals surface area contributed by atoms with Crippen LogP contribution in [0, 0.1) is 0 Å². The predicted octanol–water partition coefficient (Wildman–Crippen LogP) is 3.33. The van der Waals surface area contributed by atoms with E-state index in [1.807, 2.05) is 22.9 Å². The number of ether oxygens (including phenoxy) is 1.